The van der Waals surface area contributed by atoms with Crippen molar-refractivity contribution in [2.24, 2.45) is 0 Å². The smallest absolute Gasteiger partial charge is 0.261 e. The SMILES string of the molecule is O=S(=O)(Nc1cncc(-c2ccc3ncnc(SC4CCNCC4)c3n2)c1)c1ccccc1. The van der Waals surface area contributed by atoms with Gasteiger partial charge in [-0.2, -0.15) is 0 Å². The summed E-state index contributed by atoms with van der Waals surface area (Å²) in [5.41, 5.74) is 3.27. The zero-order valence-electron chi connectivity index (χ0n) is 17.7. The molecule has 0 radical (unpaired) electrons. The van der Waals surface area contributed by atoms with E-state index in [1.165, 1.54) is 6.20 Å². The lowest BCUT2D eigenvalue weighted by Crippen LogP contribution is -2.29. The van der Waals surface area contributed by atoms with Gasteiger partial charge in [0.15, 0.2) is 0 Å². The predicted octanol–water partition coefficient (Wildman–Crippen LogP) is 3.73. The lowest BCUT2D eigenvalue weighted by Gasteiger charge is -2.21. The third-order valence-corrected chi connectivity index (χ3v) is 8.08. The van der Waals surface area contributed by atoms with Gasteiger partial charge in [0.2, 0.25) is 0 Å². The topological polar surface area (TPSA) is 110 Å². The summed E-state index contributed by atoms with van der Waals surface area (Å²) in [7, 11) is -3.71. The van der Waals surface area contributed by atoms with Crippen molar-refractivity contribution in [1.29, 1.82) is 0 Å². The number of pyridine rings is 2. The van der Waals surface area contributed by atoms with Crippen LogP contribution in [0.15, 0.2) is 77.2 Å². The number of fused-ring (bicyclic) bond motifs is 1. The van der Waals surface area contributed by atoms with E-state index in [0.717, 1.165) is 42.0 Å². The second-order valence-electron chi connectivity index (χ2n) is 7.69. The van der Waals surface area contributed by atoms with E-state index in [9.17, 15) is 8.42 Å². The first kappa shape index (κ1) is 21.7. The number of thioether (sulfide) groups is 1. The van der Waals surface area contributed by atoms with Crippen LogP contribution < -0.4 is 10.0 Å². The summed E-state index contributed by atoms with van der Waals surface area (Å²) in [6, 6.07) is 13.7. The summed E-state index contributed by atoms with van der Waals surface area (Å²) < 4.78 is 28.0. The summed E-state index contributed by atoms with van der Waals surface area (Å²) in [5, 5.41) is 4.74. The van der Waals surface area contributed by atoms with E-state index in [0.29, 0.717) is 22.2 Å². The number of rotatable bonds is 6. The highest BCUT2D eigenvalue weighted by molar-refractivity contribution is 8.00. The van der Waals surface area contributed by atoms with E-state index < -0.39 is 10.0 Å². The van der Waals surface area contributed by atoms with Crippen LogP contribution in [0.1, 0.15) is 12.8 Å². The van der Waals surface area contributed by atoms with Gasteiger partial charge in [0.05, 0.1) is 28.0 Å². The van der Waals surface area contributed by atoms with E-state index in [-0.39, 0.29) is 4.90 Å². The number of benzene rings is 1. The summed E-state index contributed by atoms with van der Waals surface area (Å²) in [5.74, 6) is 0. The number of sulfonamides is 1. The minimum atomic E-state index is -3.71. The average Bonchev–Trinajstić information content (AvgIpc) is 2.85. The summed E-state index contributed by atoms with van der Waals surface area (Å²) in [4.78, 5) is 18.1. The molecule has 8 nitrogen and oxygen atoms in total. The maximum absolute atomic E-state index is 12.7. The van der Waals surface area contributed by atoms with Gasteiger partial charge < -0.3 is 5.32 Å². The van der Waals surface area contributed by atoms with Crippen molar-refractivity contribution >= 4 is 38.5 Å². The Labute approximate surface area is 196 Å². The Kier molecular flexibility index (Phi) is 6.21. The van der Waals surface area contributed by atoms with Gasteiger partial charge in [0, 0.05) is 17.0 Å². The van der Waals surface area contributed by atoms with Crippen LogP contribution in [0.25, 0.3) is 22.3 Å². The maximum atomic E-state index is 12.7. The second-order valence-corrected chi connectivity index (χ2v) is 10.7. The third kappa shape index (κ3) is 4.97. The van der Waals surface area contributed by atoms with Gasteiger partial charge >= 0.3 is 0 Å². The van der Waals surface area contributed by atoms with Crippen LogP contribution in [0.2, 0.25) is 0 Å². The standard InChI is InChI=1S/C23H22N6O2S2/c30-33(31,19-4-2-1-3-5-19)29-17-12-16(13-25-14-17)20-6-7-21-22(28-20)23(27-15-26-21)32-18-8-10-24-11-9-18/h1-7,12-15,18,24,29H,8-11H2. The third-order valence-electron chi connectivity index (χ3n) is 5.35. The molecule has 5 rings (SSSR count). The number of hydrogen-bond donors (Lipinski definition) is 2. The first-order valence-electron chi connectivity index (χ1n) is 10.6. The minimum Gasteiger partial charge on any atom is -0.317 e. The van der Waals surface area contributed by atoms with E-state index in [1.54, 1.807) is 60.7 Å². The summed E-state index contributed by atoms with van der Waals surface area (Å²) in [6.07, 6.45) is 6.89. The van der Waals surface area contributed by atoms with E-state index in [1.807, 2.05) is 12.1 Å². The molecule has 10 heteroatoms. The molecule has 1 aliphatic rings. The molecule has 0 amide bonds. The quantitative estimate of drug-likeness (QED) is 0.404. The highest BCUT2D eigenvalue weighted by Crippen LogP contribution is 2.32. The first-order chi connectivity index (χ1) is 16.1. The Morgan fingerprint density at radius 2 is 1.82 bits per heavy atom. The Morgan fingerprint density at radius 3 is 2.64 bits per heavy atom. The van der Waals surface area contributed by atoms with Gasteiger partial charge in [-0.3, -0.25) is 9.71 Å². The Morgan fingerprint density at radius 1 is 1.00 bits per heavy atom. The fraction of sp³-hybridized carbons (Fsp3) is 0.217. The zero-order valence-corrected chi connectivity index (χ0v) is 19.3. The molecule has 0 atom stereocenters. The molecule has 168 valence electrons. The summed E-state index contributed by atoms with van der Waals surface area (Å²) in [6.45, 7) is 2.02. The molecule has 0 spiro atoms. The van der Waals surface area contributed by atoms with Gasteiger partial charge in [-0.25, -0.2) is 23.4 Å². The molecule has 0 aliphatic carbocycles. The fourth-order valence-corrected chi connectivity index (χ4v) is 5.90. The highest BCUT2D eigenvalue weighted by atomic mass is 32.2. The molecular weight excluding hydrogens is 456 g/mol. The molecule has 4 heterocycles. The van der Waals surface area contributed by atoms with E-state index in [4.69, 9.17) is 4.98 Å². The van der Waals surface area contributed by atoms with Crippen molar-refractivity contribution in [2.45, 2.75) is 28.0 Å². The zero-order chi connectivity index (χ0) is 22.7. The normalized spacial score (nSPS) is 14.9. The maximum Gasteiger partial charge on any atom is 0.261 e. The number of hydrogen-bond acceptors (Lipinski definition) is 8. The molecule has 1 saturated heterocycles. The van der Waals surface area contributed by atoms with Crippen LogP contribution in [0, 0.1) is 0 Å². The van der Waals surface area contributed by atoms with Crippen molar-refractivity contribution in [2.75, 3.05) is 17.8 Å². The van der Waals surface area contributed by atoms with Crippen molar-refractivity contribution in [3.05, 3.63) is 67.3 Å². The molecule has 2 N–H and O–H groups in total. The number of nitrogens with zero attached hydrogens (tertiary/aromatic N) is 4. The average molecular weight is 479 g/mol. The molecular formula is C23H22N6O2S2. The Balaban J connectivity index is 1.45. The van der Waals surface area contributed by atoms with Crippen LogP contribution in [-0.2, 0) is 10.0 Å². The van der Waals surface area contributed by atoms with Crippen LogP contribution in [0.4, 0.5) is 5.69 Å². The van der Waals surface area contributed by atoms with Gasteiger partial charge in [0.25, 0.3) is 10.0 Å². The molecule has 1 aromatic carbocycles. The van der Waals surface area contributed by atoms with Gasteiger partial charge in [-0.05, 0) is 56.3 Å². The van der Waals surface area contributed by atoms with Gasteiger partial charge in [-0.15, -0.1) is 11.8 Å². The largest absolute Gasteiger partial charge is 0.317 e. The molecule has 1 aliphatic heterocycles. The van der Waals surface area contributed by atoms with Crippen LogP contribution in [0.3, 0.4) is 0 Å². The molecule has 0 saturated carbocycles. The molecule has 0 unspecified atom stereocenters. The first-order valence-corrected chi connectivity index (χ1v) is 13.0. The Hall–Kier alpha value is -3.08. The lowest BCUT2D eigenvalue weighted by atomic mass is 10.1. The number of nitrogens with one attached hydrogen (secondary N) is 2. The van der Waals surface area contributed by atoms with Crippen molar-refractivity contribution in [3.8, 4) is 11.3 Å². The van der Waals surface area contributed by atoms with Crippen LogP contribution >= 0.6 is 11.8 Å². The fourth-order valence-electron chi connectivity index (χ4n) is 3.69. The van der Waals surface area contributed by atoms with Crippen molar-refractivity contribution < 1.29 is 8.42 Å². The van der Waals surface area contributed by atoms with Crippen LogP contribution in [0.5, 0.6) is 0 Å². The minimum absolute atomic E-state index is 0.191. The van der Waals surface area contributed by atoms with E-state index in [2.05, 4.69) is 25.0 Å². The summed E-state index contributed by atoms with van der Waals surface area (Å²) >= 11 is 1.75. The monoisotopic (exact) mass is 478 g/mol. The van der Waals surface area contributed by atoms with Crippen LogP contribution in [-0.4, -0.2) is 46.7 Å². The van der Waals surface area contributed by atoms with Gasteiger partial charge in [-0.1, -0.05) is 18.2 Å². The molecule has 4 aromatic rings. The van der Waals surface area contributed by atoms with Crippen molar-refractivity contribution in [3.63, 3.8) is 0 Å². The highest BCUT2D eigenvalue weighted by Gasteiger charge is 2.18. The van der Waals surface area contributed by atoms with E-state index >= 15 is 0 Å². The predicted molar refractivity (Wildman–Crippen MR) is 130 cm³/mol. The molecule has 1 fully saturated rings. The number of piperidine rings is 1. The number of aromatic nitrogens is 4. The van der Waals surface area contributed by atoms with Gasteiger partial charge in [0.1, 0.15) is 16.9 Å². The Bertz CT molecular complexity index is 1380. The number of anilines is 1. The molecule has 3 aromatic heterocycles. The van der Waals surface area contributed by atoms with Crippen molar-refractivity contribution in [1.82, 2.24) is 25.3 Å². The lowest BCUT2D eigenvalue weighted by molar-refractivity contribution is 0.531. The molecule has 0 bridgehead atoms. The molecule has 33 heavy (non-hydrogen) atoms. The second kappa shape index (κ2) is 9.42.